The van der Waals surface area contributed by atoms with E-state index in [0.29, 0.717) is 23.7 Å². The Balaban J connectivity index is 1.52. The lowest BCUT2D eigenvalue weighted by Gasteiger charge is -2.38. The van der Waals surface area contributed by atoms with Crippen molar-refractivity contribution in [2.75, 3.05) is 18.9 Å². The van der Waals surface area contributed by atoms with Gasteiger partial charge in [0, 0.05) is 54.9 Å². The summed E-state index contributed by atoms with van der Waals surface area (Å²) >= 11 is 0. The fraction of sp³-hybridized carbons (Fsp3) is 0.370. The van der Waals surface area contributed by atoms with Crippen LogP contribution < -0.4 is 5.32 Å². The van der Waals surface area contributed by atoms with Crippen LogP contribution in [-0.4, -0.2) is 55.3 Å². The minimum atomic E-state index is 0.208. The van der Waals surface area contributed by atoms with E-state index in [1.54, 1.807) is 25.5 Å². The number of pyridine rings is 1. The number of aromatic nitrogens is 4. The molecule has 2 unspecified atom stereocenters. The van der Waals surface area contributed by atoms with E-state index in [4.69, 9.17) is 10.1 Å². The SMILES string of the molecule is CCN1C2CCC1CC(c1ccnc3c(-c4ccc(NC)c(O)c4)c(-c4ccncc4)nn13)C2. The minimum Gasteiger partial charge on any atom is -0.506 e. The van der Waals surface area contributed by atoms with Gasteiger partial charge in [-0.15, -0.1) is 0 Å². The van der Waals surface area contributed by atoms with Gasteiger partial charge < -0.3 is 10.4 Å². The van der Waals surface area contributed by atoms with Crippen LogP contribution >= 0.6 is 0 Å². The number of nitrogens with zero attached hydrogens (tertiary/aromatic N) is 5. The van der Waals surface area contributed by atoms with Crippen molar-refractivity contribution in [2.24, 2.45) is 0 Å². The molecule has 6 rings (SSSR count). The molecule has 5 heterocycles. The second kappa shape index (κ2) is 8.40. The summed E-state index contributed by atoms with van der Waals surface area (Å²) < 4.78 is 2.06. The lowest BCUT2D eigenvalue weighted by molar-refractivity contribution is 0.132. The summed E-state index contributed by atoms with van der Waals surface area (Å²) in [4.78, 5) is 11.7. The van der Waals surface area contributed by atoms with Gasteiger partial charge in [-0.1, -0.05) is 13.0 Å². The predicted octanol–water partition coefficient (Wildman–Crippen LogP) is 4.94. The van der Waals surface area contributed by atoms with Gasteiger partial charge in [0.15, 0.2) is 5.65 Å². The number of hydrogen-bond donors (Lipinski definition) is 2. The zero-order valence-corrected chi connectivity index (χ0v) is 19.6. The molecule has 0 saturated carbocycles. The van der Waals surface area contributed by atoms with Crippen LogP contribution in [0.1, 0.15) is 44.2 Å². The summed E-state index contributed by atoms with van der Waals surface area (Å²) in [6.07, 6.45) is 10.4. The summed E-state index contributed by atoms with van der Waals surface area (Å²) in [5.74, 6) is 0.670. The maximum atomic E-state index is 10.6. The van der Waals surface area contributed by atoms with Crippen LogP contribution in [0.5, 0.6) is 5.75 Å². The number of anilines is 1. The highest BCUT2D eigenvalue weighted by molar-refractivity contribution is 5.91. The van der Waals surface area contributed by atoms with Crippen LogP contribution in [0.15, 0.2) is 55.0 Å². The number of benzene rings is 1. The average molecular weight is 455 g/mol. The average Bonchev–Trinajstić information content (AvgIpc) is 3.38. The highest BCUT2D eigenvalue weighted by atomic mass is 16.3. The zero-order valence-electron chi connectivity index (χ0n) is 19.6. The molecule has 2 atom stereocenters. The van der Waals surface area contributed by atoms with Crippen molar-refractivity contribution in [3.63, 3.8) is 0 Å². The molecule has 2 aliphatic heterocycles. The molecule has 2 fully saturated rings. The van der Waals surface area contributed by atoms with Crippen LogP contribution in [0.2, 0.25) is 0 Å². The fourth-order valence-corrected chi connectivity index (χ4v) is 6.18. The quantitative estimate of drug-likeness (QED) is 0.416. The molecule has 4 aromatic rings. The molecular weight excluding hydrogens is 424 g/mol. The van der Waals surface area contributed by atoms with Crippen molar-refractivity contribution in [3.8, 4) is 28.1 Å². The van der Waals surface area contributed by atoms with E-state index < -0.39 is 0 Å². The summed E-state index contributed by atoms with van der Waals surface area (Å²) in [7, 11) is 1.80. The first-order chi connectivity index (χ1) is 16.7. The van der Waals surface area contributed by atoms with E-state index in [1.165, 1.54) is 31.4 Å². The van der Waals surface area contributed by atoms with E-state index in [2.05, 4.69) is 32.7 Å². The van der Waals surface area contributed by atoms with Crippen LogP contribution in [0, 0.1) is 0 Å². The largest absolute Gasteiger partial charge is 0.506 e. The van der Waals surface area contributed by atoms with Crippen LogP contribution in [-0.2, 0) is 0 Å². The van der Waals surface area contributed by atoms with E-state index in [-0.39, 0.29) is 5.75 Å². The Bertz CT molecular complexity index is 1320. The second-order valence-corrected chi connectivity index (χ2v) is 9.43. The van der Waals surface area contributed by atoms with E-state index in [0.717, 1.165) is 34.6 Å². The Morgan fingerprint density at radius 3 is 2.44 bits per heavy atom. The molecule has 7 nitrogen and oxygen atoms in total. The van der Waals surface area contributed by atoms with Crippen molar-refractivity contribution in [1.29, 1.82) is 0 Å². The molecule has 34 heavy (non-hydrogen) atoms. The lowest BCUT2D eigenvalue weighted by Crippen LogP contribution is -2.42. The van der Waals surface area contributed by atoms with Gasteiger partial charge in [-0.3, -0.25) is 9.88 Å². The fourth-order valence-electron chi connectivity index (χ4n) is 6.18. The number of fused-ring (bicyclic) bond motifs is 3. The van der Waals surface area contributed by atoms with E-state index >= 15 is 0 Å². The summed E-state index contributed by atoms with van der Waals surface area (Å²) in [5.41, 5.74) is 6.41. The van der Waals surface area contributed by atoms with Crippen molar-refractivity contribution in [1.82, 2.24) is 24.5 Å². The molecule has 0 aliphatic carbocycles. The number of rotatable bonds is 5. The Hall–Kier alpha value is -3.45. The van der Waals surface area contributed by atoms with Crippen LogP contribution in [0.4, 0.5) is 5.69 Å². The van der Waals surface area contributed by atoms with Crippen LogP contribution in [0.3, 0.4) is 0 Å². The molecule has 2 saturated heterocycles. The maximum absolute atomic E-state index is 10.6. The number of aromatic hydroxyl groups is 1. The van der Waals surface area contributed by atoms with Crippen molar-refractivity contribution < 1.29 is 5.11 Å². The van der Waals surface area contributed by atoms with Crippen molar-refractivity contribution in [3.05, 3.63) is 60.7 Å². The van der Waals surface area contributed by atoms with Crippen molar-refractivity contribution in [2.45, 2.75) is 50.6 Å². The van der Waals surface area contributed by atoms with Crippen molar-refractivity contribution >= 4 is 11.3 Å². The third kappa shape index (κ3) is 3.34. The van der Waals surface area contributed by atoms with Gasteiger partial charge in [0.2, 0.25) is 0 Å². The molecule has 2 bridgehead atoms. The third-order valence-electron chi connectivity index (χ3n) is 7.72. The van der Waals surface area contributed by atoms with Gasteiger partial charge in [-0.2, -0.15) is 5.10 Å². The number of piperidine rings is 1. The Labute approximate surface area is 199 Å². The van der Waals surface area contributed by atoms with E-state index in [9.17, 15) is 5.11 Å². The lowest BCUT2D eigenvalue weighted by atomic mass is 9.88. The number of phenolic OH excluding ortho intramolecular Hbond substituents is 1. The first-order valence-corrected chi connectivity index (χ1v) is 12.2. The molecule has 0 spiro atoms. The smallest absolute Gasteiger partial charge is 0.163 e. The maximum Gasteiger partial charge on any atom is 0.163 e. The van der Waals surface area contributed by atoms with Crippen LogP contribution in [0.25, 0.3) is 28.0 Å². The highest BCUT2D eigenvalue weighted by Gasteiger charge is 2.41. The molecule has 2 aliphatic rings. The molecule has 1 aromatic carbocycles. The second-order valence-electron chi connectivity index (χ2n) is 9.43. The molecule has 2 N–H and O–H groups in total. The number of phenols is 1. The predicted molar refractivity (Wildman–Crippen MR) is 134 cm³/mol. The molecule has 0 radical (unpaired) electrons. The van der Waals surface area contributed by atoms with Gasteiger partial charge in [0.25, 0.3) is 0 Å². The molecule has 7 heteroatoms. The first kappa shape index (κ1) is 21.1. The Morgan fingerprint density at radius 2 is 1.76 bits per heavy atom. The summed E-state index contributed by atoms with van der Waals surface area (Å²) in [6, 6.07) is 13.1. The molecular formula is C27H30N6O. The van der Waals surface area contributed by atoms with Gasteiger partial charge in [-0.05, 0) is 68.1 Å². The topological polar surface area (TPSA) is 78.6 Å². The molecule has 3 aromatic heterocycles. The van der Waals surface area contributed by atoms with Gasteiger partial charge >= 0.3 is 0 Å². The molecule has 0 amide bonds. The number of hydrogen-bond acceptors (Lipinski definition) is 6. The van der Waals surface area contributed by atoms with Gasteiger partial charge in [0.05, 0.1) is 11.3 Å². The van der Waals surface area contributed by atoms with Gasteiger partial charge in [-0.25, -0.2) is 9.50 Å². The standard InChI is InChI=1S/C27H30N6O/c1-3-32-20-5-6-21(32)15-19(14-20)23-10-13-30-27-25(18-4-7-22(28-2)24(34)16-18)26(31-33(23)27)17-8-11-29-12-9-17/h4,7-13,16,19-21,28,34H,3,5-6,14-15H2,1-2H3. The number of nitrogens with one attached hydrogen (secondary N) is 1. The normalized spacial score (nSPS) is 22.4. The first-order valence-electron chi connectivity index (χ1n) is 12.2. The monoisotopic (exact) mass is 454 g/mol. The zero-order chi connectivity index (χ0) is 23.2. The van der Waals surface area contributed by atoms with Gasteiger partial charge in [0.1, 0.15) is 11.4 Å². The minimum absolute atomic E-state index is 0.208. The summed E-state index contributed by atoms with van der Waals surface area (Å²) in [5, 5.41) is 18.7. The molecule has 174 valence electrons. The summed E-state index contributed by atoms with van der Waals surface area (Å²) in [6.45, 7) is 3.42. The highest BCUT2D eigenvalue weighted by Crippen LogP contribution is 2.44. The Morgan fingerprint density at radius 1 is 1.00 bits per heavy atom. The van der Waals surface area contributed by atoms with E-state index in [1.807, 2.05) is 30.5 Å². The third-order valence-corrected chi connectivity index (χ3v) is 7.72. The Kier molecular flexibility index (Phi) is 5.21.